The number of carbonyl (C=O) groups excluding carboxylic acids is 1. The first-order valence-corrected chi connectivity index (χ1v) is 5.99. The van der Waals surface area contributed by atoms with E-state index in [0.29, 0.717) is 18.8 Å². The molecule has 1 rings (SSSR count). The van der Waals surface area contributed by atoms with Crippen LogP contribution in [-0.2, 0) is 7.05 Å². The van der Waals surface area contributed by atoms with E-state index in [4.69, 9.17) is 4.52 Å². The van der Waals surface area contributed by atoms with Gasteiger partial charge in [-0.25, -0.2) is 9.53 Å². The Hall–Kier alpha value is -1.52. The van der Waals surface area contributed by atoms with E-state index in [2.05, 4.69) is 0 Å². The van der Waals surface area contributed by atoms with Gasteiger partial charge in [0.05, 0.1) is 5.69 Å². The monoisotopic (exact) mass is 240 g/mol. The number of aryl methyl sites for hydroxylation is 1. The average Bonchev–Trinajstić information content (AvgIpc) is 2.52. The highest BCUT2D eigenvalue weighted by Crippen LogP contribution is 2.08. The Morgan fingerprint density at radius 2 is 1.82 bits per heavy atom. The van der Waals surface area contributed by atoms with Crippen LogP contribution in [0.2, 0.25) is 0 Å². The second-order valence-corrected chi connectivity index (χ2v) is 4.13. The molecule has 1 heterocycles. The molecule has 1 aromatic heterocycles. The fraction of sp³-hybridized carbons (Fsp3) is 0.667. The summed E-state index contributed by atoms with van der Waals surface area (Å²) in [5, 5.41) is 0. The lowest BCUT2D eigenvalue weighted by molar-refractivity contribution is 0.0752. The number of hydrogen-bond donors (Lipinski definition) is 0. The van der Waals surface area contributed by atoms with Gasteiger partial charge in [-0.1, -0.05) is 13.8 Å². The maximum Gasteiger partial charge on any atom is 0.370 e. The van der Waals surface area contributed by atoms with Crippen LogP contribution in [0.4, 0.5) is 0 Å². The molecule has 96 valence electrons. The predicted octanol–water partition coefficient (Wildman–Crippen LogP) is 1.55. The van der Waals surface area contributed by atoms with Gasteiger partial charge in [-0.15, -0.1) is 0 Å². The molecule has 0 bridgehead atoms. The minimum Gasteiger partial charge on any atom is -0.338 e. The van der Waals surface area contributed by atoms with Gasteiger partial charge in [0.25, 0.3) is 5.91 Å². The standard InChI is InChI=1S/C12H20N2O3/c1-5-7-14(8-6-2)11(15)10-9(3)13(4)17-12(10)16/h5-8H2,1-4H3. The van der Waals surface area contributed by atoms with Crippen LogP contribution in [0.15, 0.2) is 9.32 Å². The molecular weight excluding hydrogens is 220 g/mol. The summed E-state index contributed by atoms with van der Waals surface area (Å²) in [4.78, 5) is 25.5. The van der Waals surface area contributed by atoms with Gasteiger partial charge in [0, 0.05) is 20.1 Å². The molecule has 0 fully saturated rings. The smallest absolute Gasteiger partial charge is 0.338 e. The van der Waals surface area contributed by atoms with Crippen molar-refractivity contribution in [2.45, 2.75) is 33.6 Å². The predicted molar refractivity (Wildman–Crippen MR) is 65.2 cm³/mol. The third-order valence-electron chi connectivity index (χ3n) is 2.75. The van der Waals surface area contributed by atoms with E-state index in [1.54, 1.807) is 18.9 Å². The topological polar surface area (TPSA) is 55.5 Å². The number of amides is 1. The quantitative estimate of drug-likeness (QED) is 0.784. The van der Waals surface area contributed by atoms with Gasteiger partial charge in [-0.3, -0.25) is 4.79 Å². The molecule has 0 spiro atoms. The van der Waals surface area contributed by atoms with E-state index >= 15 is 0 Å². The number of hydrogen-bond acceptors (Lipinski definition) is 3. The molecule has 0 aromatic carbocycles. The minimum atomic E-state index is -0.549. The molecule has 0 saturated carbocycles. The SMILES string of the molecule is CCCN(CCC)C(=O)c1c(C)n(C)oc1=O. The van der Waals surface area contributed by atoms with Crippen LogP contribution < -0.4 is 5.63 Å². The van der Waals surface area contributed by atoms with E-state index in [9.17, 15) is 9.59 Å². The zero-order chi connectivity index (χ0) is 13.0. The number of rotatable bonds is 5. The second kappa shape index (κ2) is 5.70. The summed E-state index contributed by atoms with van der Waals surface area (Å²) in [6.07, 6.45) is 1.76. The Kier molecular flexibility index (Phi) is 4.54. The summed E-state index contributed by atoms with van der Waals surface area (Å²) in [6, 6.07) is 0. The summed E-state index contributed by atoms with van der Waals surface area (Å²) in [5.74, 6) is -0.222. The molecule has 0 aliphatic rings. The molecule has 0 radical (unpaired) electrons. The Labute approximate surface area is 101 Å². The summed E-state index contributed by atoms with van der Waals surface area (Å²) in [5.41, 5.74) is 0.193. The van der Waals surface area contributed by atoms with E-state index in [-0.39, 0.29) is 11.5 Å². The average molecular weight is 240 g/mol. The van der Waals surface area contributed by atoms with E-state index in [0.717, 1.165) is 12.8 Å². The second-order valence-electron chi connectivity index (χ2n) is 4.13. The van der Waals surface area contributed by atoms with Crippen molar-refractivity contribution in [1.82, 2.24) is 9.64 Å². The third kappa shape index (κ3) is 2.78. The molecule has 0 aliphatic heterocycles. The Morgan fingerprint density at radius 3 is 2.18 bits per heavy atom. The molecule has 5 nitrogen and oxygen atoms in total. The van der Waals surface area contributed by atoms with Gasteiger partial charge < -0.3 is 9.42 Å². The minimum absolute atomic E-state index is 0.161. The summed E-state index contributed by atoms with van der Waals surface area (Å²) in [6.45, 7) is 7.07. The lowest BCUT2D eigenvalue weighted by atomic mass is 10.2. The largest absolute Gasteiger partial charge is 0.370 e. The van der Waals surface area contributed by atoms with E-state index < -0.39 is 5.63 Å². The lowest BCUT2D eigenvalue weighted by Crippen LogP contribution is -2.35. The van der Waals surface area contributed by atoms with Crippen molar-refractivity contribution < 1.29 is 9.32 Å². The molecule has 0 atom stereocenters. The molecule has 0 N–H and O–H groups in total. The first-order valence-electron chi connectivity index (χ1n) is 5.99. The summed E-state index contributed by atoms with van der Waals surface area (Å²) < 4.78 is 6.23. The lowest BCUT2D eigenvalue weighted by Gasteiger charge is -2.20. The first-order chi connectivity index (χ1) is 8.02. The maximum absolute atomic E-state index is 12.2. The number of carbonyl (C=O) groups is 1. The van der Waals surface area contributed by atoms with Crippen LogP contribution in [0.3, 0.4) is 0 Å². The zero-order valence-electron chi connectivity index (χ0n) is 10.9. The van der Waals surface area contributed by atoms with Crippen molar-refractivity contribution in [3.05, 3.63) is 21.7 Å². The number of aromatic nitrogens is 1. The van der Waals surface area contributed by atoms with Crippen molar-refractivity contribution in [3.8, 4) is 0 Å². The molecule has 1 aromatic rings. The molecule has 17 heavy (non-hydrogen) atoms. The van der Waals surface area contributed by atoms with Gasteiger partial charge in [0.2, 0.25) is 0 Å². The molecule has 0 unspecified atom stereocenters. The molecule has 0 saturated heterocycles. The van der Waals surface area contributed by atoms with E-state index in [1.165, 1.54) is 4.74 Å². The fourth-order valence-electron chi connectivity index (χ4n) is 1.80. The highest BCUT2D eigenvalue weighted by atomic mass is 16.5. The van der Waals surface area contributed by atoms with Crippen molar-refractivity contribution >= 4 is 5.91 Å². The Balaban J connectivity index is 3.04. The number of nitrogens with zero attached hydrogens (tertiary/aromatic N) is 2. The van der Waals surface area contributed by atoms with Gasteiger partial charge in [-0.2, -0.15) is 0 Å². The maximum atomic E-state index is 12.2. The highest BCUT2D eigenvalue weighted by Gasteiger charge is 2.23. The normalized spacial score (nSPS) is 10.6. The van der Waals surface area contributed by atoms with Gasteiger partial charge >= 0.3 is 5.63 Å². The molecular formula is C12H20N2O3. The van der Waals surface area contributed by atoms with Crippen molar-refractivity contribution in [2.75, 3.05) is 13.1 Å². The third-order valence-corrected chi connectivity index (χ3v) is 2.75. The van der Waals surface area contributed by atoms with Gasteiger partial charge in [0.1, 0.15) is 5.56 Å². The molecule has 0 aliphatic carbocycles. The Morgan fingerprint density at radius 1 is 1.29 bits per heavy atom. The van der Waals surface area contributed by atoms with Crippen LogP contribution in [0.5, 0.6) is 0 Å². The van der Waals surface area contributed by atoms with Crippen molar-refractivity contribution in [1.29, 1.82) is 0 Å². The van der Waals surface area contributed by atoms with Crippen LogP contribution in [0, 0.1) is 6.92 Å². The van der Waals surface area contributed by atoms with Crippen LogP contribution in [-0.4, -0.2) is 28.6 Å². The van der Waals surface area contributed by atoms with Crippen molar-refractivity contribution in [3.63, 3.8) is 0 Å². The summed E-state index contributed by atoms with van der Waals surface area (Å²) >= 11 is 0. The van der Waals surface area contributed by atoms with Gasteiger partial charge in [0.15, 0.2) is 0 Å². The first kappa shape index (κ1) is 13.5. The Bertz CT molecular complexity index is 439. The molecule has 5 heteroatoms. The van der Waals surface area contributed by atoms with E-state index in [1.807, 2.05) is 13.8 Å². The van der Waals surface area contributed by atoms with Gasteiger partial charge in [-0.05, 0) is 19.8 Å². The van der Waals surface area contributed by atoms with Crippen LogP contribution >= 0.6 is 0 Å². The zero-order valence-corrected chi connectivity index (χ0v) is 10.9. The highest BCUT2D eigenvalue weighted by molar-refractivity contribution is 5.94. The molecule has 1 amide bonds. The van der Waals surface area contributed by atoms with Crippen LogP contribution in [0.25, 0.3) is 0 Å². The summed E-state index contributed by atoms with van der Waals surface area (Å²) in [7, 11) is 1.62. The fourth-order valence-corrected chi connectivity index (χ4v) is 1.80. The van der Waals surface area contributed by atoms with Crippen molar-refractivity contribution in [2.24, 2.45) is 7.05 Å². The van der Waals surface area contributed by atoms with Crippen LogP contribution in [0.1, 0.15) is 42.7 Å².